The highest BCUT2D eigenvalue weighted by atomic mass is 35.5. The number of aromatic nitrogens is 2. The van der Waals surface area contributed by atoms with E-state index in [1.54, 1.807) is 36.4 Å². The van der Waals surface area contributed by atoms with Crippen molar-refractivity contribution in [2.75, 3.05) is 0 Å². The van der Waals surface area contributed by atoms with Gasteiger partial charge in [0.1, 0.15) is 11.7 Å². The summed E-state index contributed by atoms with van der Waals surface area (Å²) in [6.07, 6.45) is 0. The van der Waals surface area contributed by atoms with Gasteiger partial charge in [-0.1, -0.05) is 29.3 Å². The van der Waals surface area contributed by atoms with Crippen LogP contribution in [0.15, 0.2) is 36.4 Å². The molecule has 7 heteroatoms. The fraction of sp³-hybridized carbons (Fsp3) is 0. The normalized spacial score (nSPS) is 10.8. The Balaban J connectivity index is 2.15. The molecule has 0 aliphatic carbocycles. The van der Waals surface area contributed by atoms with Gasteiger partial charge < -0.3 is 4.98 Å². The second-order valence-electron chi connectivity index (χ2n) is 4.40. The Kier molecular flexibility index (Phi) is 3.55. The molecule has 0 unspecified atom stereocenters. The molecule has 2 aromatic carbocycles. The molecule has 0 fully saturated rings. The minimum absolute atomic E-state index is 0.0937. The number of aromatic amines is 1. The molecule has 0 bridgehead atoms. The molecule has 3 rings (SSSR count). The quantitative estimate of drug-likeness (QED) is 0.329. The van der Waals surface area contributed by atoms with Crippen molar-refractivity contribution in [2.45, 2.75) is 0 Å². The summed E-state index contributed by atoms with van der Waals surface area (Å²) in [5.41, 5.74) is 4.41. The largest absolute Gasteiger partial charge is 0.338 e. The molecule has 4 N–H and O–H groups in total. The Hall–Kier alpha value is -2.08. The van der Waals surface area contributed by atoms with Crippen molar-refractivity contribution < 1.29 is 5.21 Å². The Morgan fingerprint density at radius 3 is 2.57 bits per heavy atom. The van der Waals surface area contributed by atoms with Gasteiger partial charge in [-0.15, -0.1) is 0 Å². The number of halogens is 2. The molecule has 21 heavy (non-hydrogen) atoms. The standard InChI is InChI=1S/C14H10Cl2N4O/c15-8-2-1-3-9(16)12(8)14-18-10-5-4-7(13(17)20-21)6-11(10)19-14/h1-6,21H,(H2,17,20)(H,18,19). The summed E-state index contributed by atoms with van der Waals surface area (Å²) in [6.45, 7) is 0. The van der Waals surface area contributed by atoms with Crippen molar-refractivity contribution in [3.8, 4) is 11.4 Å². The van der Waals surface area contributed by atoms with Gasteiger partial charge in [0.25, 0.3) is 0 Å². The van der Waals surface area contributed by atoms with Gasteiger partial charge in [-0.05, 0) is 30.3 Å². The number of nitrogens with one attached hydrogen (secondary N) is 3. The van der Waals surface area contributed by atoms with Crippen molar-refractivity contribution in [1.29, 1.82) is 5.41 Å². The second-order valence-corrected chi connectivity index (χ2v) is 5.22. The van der Waals surface area contributed by atoms with Crippen LogP contribution in [0.5, 0.6) is 0 Å². The maximum atomic E-state index is 8.78. The zero-order valence-electron chi connectivity index (χ0n) is 10.6. The van der Waals surface area contributed by atoms with E-state index in [9.17, 15) is 0 Å². The van der Waals surface area contributed by atoms with Gasteiger partial charge in [0.15, 0.2) is 0 Å². The smallest absolute Gasteiger partial charge is 0.149 e. The lowest BCUT2D eigenvalue weighted by molar-refractivity contribution is 0.234. The number of nitrogens with zero attached hydrogens (tertiary/aromatic N) is 1. The highest BCUT2D eigenvalue weighted by molar-refractivity contribution is 6.39. The van der Waals surface area contributed by atoms with Crippen LogP contribution in [-0.4, -0.2) is 21.0 Å². The van der Waals surface area contributed by atoms with Crippen LogP contribution in [0.1, 0.15) is 5.56 Å². The summed E-state index contributed by atoms with van der Waals surface area (Å²) < 4.78 is 0. The minimum atomic E-state index is -0.0937. The van der Waals surface area contributed by atoms with Gasteiger partial charge in [-0.25, -0.2) is 4.98 Å². The number of H-pyrrole nitrogens is 1. The topological polar surface area (TPSA) is 84.8 Å². The van der Waals surface area contributed by atoms with Crippen LogP contribution in [0.3, 0.4) is 0 Å². The molecule has 106 valence electrons. The van der Waals surface area contributed by atoms with E-state index in [1.165, 1.54) is 0 Å². The summed E-state index contributed by atoms with van der Waals surface area (Å²) >= 11 is 12.3. The maximum Gasteiger partial charge on any atom is 0.149 e. The van der Waals surface area contributed by atoms with E-state index in [2.05, 4.69) is 9.97 Å². The summed E-state index contributed by atoms with van der Waals surface area (Å²) in [5, 5.41) is 17.3. The van der Waals surface area contributed by atoms with E-state index < -0.39 is 0 Å². The van der Waals surface area contributed by atoms with Crippen LogP contribution in [0, 0.1) is 5.41 Å². The van der Waals surface area contributed by atoms with Crippen molar-refractivity contribution in [2.24, 2.45) is 0 Å². The average Bonchev–Trinajstić information content (AvgIpc) is 2.88. The van der Waals surface area contributed by atoms with E-state index in [0.717, 1.165) is 11.0 Å². The Bertz CT molecular complexity index is 824. The number of hydrogen-bond acceptors (Lipinski definition) is 3. The predicted octanol–water partition coefficient (Wildman–Crippen LogP) is 3.84. The molecule has 5 nitrogen and oxygen atoms in total. The molecule has 0 radical (unpaired) electrons. The summed E-state index contributed by atoms with van der Waals surface area (Å²) in [5.74, 6) is 0.463. The molecular weight excluding hydrogens is 311 g/mol. The molecule has 1 aromatic heterocycles. The SMILES string of the molecule is N=C(NO)c1ccc2nc(-c3c(Cl)cccc3Cl)[nH]c2c1. The van der Waals surface area contributed by atoms with Crippen molar-refractivity contribution >= 4 is 40.1 Å². The van der Waals surface area contributed by atoms with Gasteiger partial charge in [0.05, 0.1) is 26.6 Å². The van der Waals surface area contributed by atoms with E-state index >= 15 is 0 Å². The first-order chi connectivity index (χ1) is 10.1. The lowest BCUT2D eigenvalue weighted by Gasteiger charge is -2.02. The third-order valence-electron chi connectivity index (χ3n) is 3.08. The number of benzene rings is 2. The Morgan fingerprint density at radius 2 is 1.90 bits per heavy atom. The minimum Gasteiger partial charge on any atom is -0.338 e. The molecule has 0 atom stereocenters. The van der Waals surface area contributed by atoms with Gasteiger partial charge >= 0.3 is 0 Å². The number of rotatable bonds is 2. The molecule has 3 aromatic rings. The van der Waals surface area contributed by atoms with Crippen LogP contribution in [0.25, 0.3) is 22.4 Å². The van der Waals surface area contributed by atoms with Crippen molar-refractivity contribution in [3.05, 3.63) is 52.0 Å². The molecule has 0 aliphatic rings. The number of hydroxylamine groups is 1. The van der Waals surface area contributed by atoms with Gasteiger partial charge in [-0.2, -0.15) is 0 Å². The average molecular weight is 321 g/mol. The van der Waals surface area contributed by atoms with Crippen LogP contribution in [0.4, 0.5) is 0 Å². The summed E-state index contributed by atoms with van der Waals surface area (Å²) in [7, 11) is 0. The summed E-state index contributed by atoms with van der Waals surface area (Å²) in [4.78, 5) is 7.58. The zero-order valence-corrected chi connectivity index (χ0v) is 12.1. The maximum absolute atomic E-state index is 8.78. The van der Waals surface area contributed by atoms with E-state index in [4.69, 9.17) is 33.8 Å². The molecule has 1 heterocycles. The number of hydrogen-bond donors (Lipinski definition) is 4. The highest BCUT2D eigenvalue weighted by Gasteiger charge is 2.13. The van der Waals surface area contributed by atoms with Crippen molar-refractivity contribution in [3.63, 3.8) is 0 Å². The number of imidazole rings is 1. The van der Waals surface area contributed by atoms with Crippen LogP contribution in [0.2, 0.25) is 10.0 Å². The highest BCUT2D eigenvalue weighted by Crippen LogP contribution is 2.33. The fourth-order valence-corrected chi connectivity index (χ4v) is 2.65. The van der Waals surface area contributed by atoms with Gasteiger partial charge in [0.2, 0.25) is 0 Å². The Morgan fingerprint density at radius 1 is 1.19 bits per heavy atom. The predicted molar refractivity (Wildman–Crippen MR) is 83.3 cm³/mol. The van der Waals surface area contributed by atoms with Crippen LogP contribution in [-0.2, 0) is 0 Å². The number of amidine groups is 1. The van der Waals surface area contributed by atoms with Crippen LogP contribution < -0.4 is 5.48 Å². The second kappa shape index (κ2) is 5.37. The molecule has 0 saturated carbocycles. The third-order valence-corrected chi connectivity index (χ3v) is 3.71. The van der Waals surface area contributed by atoms with E-state index in [-0.39, 0.29) is 5.84 Å². The van der Waals surface area contributed by atoms with Crippen LogP contribution >= 0.6 is 23.2 Å². The van der Waals surface area contributed by atoms with Gasteiger partial charge in [-0.3, -0.25) is 16.1 Å². The molecule has 0 aliphatic heterocycles. The monoisotopic (exact) mass is 320 g/mol. The molecule has 0 saturated heterocycles. The first kappa shape index (κ1) is 13.9. The molecule has 0 spiro atoms. The molecule has 0 amide bonds. The lowest BCUT2D eigenvalue weighted by atomic mass is 10.2. The van der Waals surface area contributed by atoms with E-state index in [0.29, 0.717) is 27.0 Å². The number of fused-ring (bicyclic) bond motifs is 1. The van der Waals surface area contributed by atoms with Crippen molar-refractivity contribution in [1.82, 2.24) is 15.4 Å². The van der Waals surface area contributed by atoms with Gasteiger partial charge in [0, 0.05) is 5.56 Å². The first-order valence-corrected chi connectivity index (χ1v) is 6.79. The fourth-order valence-electron chi connectivity index (χ4n) is 2.07. The summed E-state index contributed by atoms with van der Waals surface area (Å²) in [6, 6.07) is 10.4. The Labute approximate surface area is 130 Å². The third kappa shape index (κ3) is 2.47. The molecular formula is C14H10Cl2N4O. The first-order valence-electron chi connectivity index (χ1n) is 6.03. The van der Waals surface area contributed by atoms with E-state index in [1.807, 2.05) is 5.48 Å². The zero-order chi connectivity index (χ0) is 15.0. The lowest BCUT2D eigenvalue weighted by Crippen LogP contribution is -2.18.